The molecule has 1 aromatic heterocycles. The highest BCUT2D eigenvalue weighted by Crippen LogP contribution is 2.25. The fourth-order valence-corrected chi connectivity index (χ4v) is 3.31. The minimum Gasteiger partial charge on any atom is -0.481 e. The minimum atomic E-state index is -0.891. The van der Waals surface area contributed by atoms with Crippen molar-refractivity contribution in [1.29, 1.82) is 0 Å². The number of carboxylic acids is 1. The molecule has 2 heterocycles. The van der Waals surface area contributed by atoms with Crippen molar-refractivity contribution in [1.82, 2.24) is 14.7 Å². The van der Waals surface area contributed by atoms with Crippen LogP contribution in [0.4, 0.5) is 0 Å². The van der Waals surface area contributed by atoms with E-state index in [9.17, 15) is 9.59 Å². The number of carbonyl (C=O) groups is 2. The first-order chi connectivity index (χ1) is 11.5. The number of nitrogens with zero attached hydrogens (tertiary/aromatic N) is 3. The van der Waals surface area contributed by atoms with Gasteiger partial charge in [0.15, 0.2) is 5.69 Å². The molecule has 1 fully saturated rings. The van der Waals surface area contributed by atoms with Gasteiger partial charge in [-0.3, -0.25) is 9.59 Å². The average molecular weight is 348 g/mol. The van der Waals surface area contributed by atoms with Crippen LogP contribution < -0.4 is 0 Å². The van der Waals surface area contributed by atoms with E-state index in [1.54, 1.807) is 21.8 Å². The third-order valence-electron chi connectivity index (χ3n) is 4.25. The molecular weight excluding hydrogens is 330 g/mol. The predicted octanol–water partition coefficient (Wildman–Crippen LogP) is 2.91. The van der Waals surface area contributed by atoms with Crippen molar-refractivity contribution in [2.45, 2.75) is 32.2 Å². The van der Waals surface area contributed by atoms with Gasteiger partial charge < -0.3 is 10.0 Å². The molecule has 6 nitrogen and oxygen atoms in total. The second-order valence-electron chi connectivity index (χ2n) is 5.95. The Labute approximate surface area is 144 Å². The lowest BCUT2D eigenvalue weighted by Crippen LogP contribution is -2.37. The lowest BCUT2D eigenvalue weighted by Gasteiger charge is -2.22. The lowest BCUT2D eigenvalue weighted by atomic mass is 10.1. The summed E-state index contributed by atoms with van der Waals surface area (Å²) in [6.45, 7) is 2.38. The Balaban J connectivity index is 1.89. The zero-order valence-corrected chi connectivity index (χ0v) is 14.0. The summed E-state index contributed by atoms with van der Waals surface area (Å²) in [6.07, 6.45) is 3.25. The van der Waals surface area contributed by atoms with Crippen LogP contribution in [0.25, 0.3) is 5.69 Å². The maximum Gasteiger partial charge on any atom is 0.305 e. The second-order valence-corrected chi connectivity index (χ2v) is 6.36. The van der Waals surface area contributed by atoms with Crippen LogP contribution in [0.1, 0.15) is 35.3 Å². The lowest BCUT2D eigenvalue weighted by molar-refractivity contribution is -0.137. The molecule has 0 bridgehead atoms. The molecule has 126 valence electrons. The van der Waals surface area contributed by atoms with Crippen LogP contribution in [0.2, 0.25) is 5.02 Å². The SMILES string of the molecule is Cc1cn(-c2ccccc2Cl)nc1C(=O)N1CCCC1CC(=O)O. The van der Waals surface area contributed by atoms with Crippen molar-refractivity contribution in [3.05, 3.63) is 46.7 Å². The number of aryl methyl sites for hydroxylation is 1. The number of hydrogen-bond donors (Lipinski definition) is 1. The van der Waals surface area contributed by atoms with E-state index in [1.165, 1.54) is 0 Å². The molecule has 1 saturated heterocycles. The molecule has 0 saturated carbocycles. The van der Waals surface area contributed by atoms with Gasteiger partial charge in [-0.15, -0.1) is 0 Å². The quantitative estimate of drug-likeness (QED) is 0.922. The third kappa shape index (κ3) is 3.14. The molecular formula is C17H18ClN3O3. The molecule has 0 spiro atoms. The van der Waals surface area contributed by atoms with E-state index in [4.69, 9.17) is 16.7 Å². The smallest absolute Gasteiger partial charge is 0.305 e. The summed E-state index contributed by atoms with van der Waals surface area (Å²) in [5.74, 6) is -1.11. The molecule has 0 aliphatic carbocycles. The molecule has 1 unspecified atom stereocenters. The number of benzene rings is 1. The molecule has 2 aromatic rings. The Hall–Kier alpha value is -2.34. The first kappa shape index (κ1) is 16.5. The van der Waals surface area contributed by atoms with Gasteiger partial charge in [-0.1, -0.05) is 23.7 Å². The van der Waals surface area contributed by atoms with Crippen LogP contribution in [0.3, 0.4) is 0 Å². The molecule has 7 heteroatoms. The summed E-state index contributed by atoms with van der Waals surface area (Å²) in [7, 11) is 0. The Kier molecular flexibility index (Phi) is 4.57. The fraction of sp³-hybridized carbons (Fsp3) is 0.353. The first-order valence-corrected chi connectivity index (χ1v) is 8.19. The number of para-hydroxylation sites is 1. The zero-order valence-electron chi connectivity index (χ0n) is 13.3. The van der Waals surface area contributed by atoms with Gasteiger partial charge in [0.05, 0.1) is 17.1 Å². The third-order valence-corrected chi connectivity index (χ3v) is 4.57. The summed E-state index contributed by atoms with van der Waals surface area (Å²) >= 11 is 6.19. The topological polar surface area (TPSA) is 75.4 Å². The number of hydrogen-bond acceptors (Lipinski definition) is 3. The molecule has 1 aliphatic rings. The van der Waals surface area contributed by atoms with Crippen LogP contribution >= 0.6 is 11.6 Å². The van der Waals surface area contributed by atoms with Gasteiger partial charge in [-0.25, -0.2) is 4.68 Å². The van der Waals surface area contributed by atoms with E-state index in [2.05, 4.69) is 5.10 Å². The van der Waals surface area contributed by atoms with Crippen LogP contribution in [-0.4, -0.2) is 44.3 Å². The molecule has 3 rings (SSSR count). The van der Waals surface area contributed by atoms with Gasteiger partial charge in [0, 0.05) is 24.3 Å². The molecule has 0 radical (unpaired) electrons. The Morgan fingerprint density at radius 1 is 1.38 bits per heavy atom. The number of amides is 1. The molecule has 1 N–H and O–H groups in total. The van der Waals surface area contributed by atoms with Crippen molar-refractivity contribution in [2.24, 2.45) is 0 Å². The average Bonchev–Trinajstić information content (AvgIpc) is 3.13. The summed E-state index contributed by atoms with van der Waals surface area (Å²) in [5, 5.41) is 13.9. The van der Waals surface area contributed by atoms with Crippen LogP contribution in [0.15, 0.2) is 30.5 Å². The molecule has 1 amide bonds. The van der Waals surface area contributed by atoms with E-state index in [1.807, 2.05) is 25.1 Å². The summed E-state index contributed by atoms with van der Waals surface area (Å²) in [5.41, 5.74) is 1.78. The van der Waals surface area contributed by atoms with Gasteiger partial charge in [0.2, 0.25) is 0 Å². The summed E-state index contributed by atoms with van der Waals surface area (Å²) in [6, 6.07) is 7.00. The van der Waals surface area contributed by atoms with E-state index >= 15 is 0 Å². The van der Waals surface area contributed by atoms with Gasteiger partial charge in [0.25, 0.3) is 5.91 Å². The Morgan fingerprint density at radius 3 is 2.83 bits per heavy atom. The highest BCUT2D eigenvalue weighted by molar-refractivity contribution is 6.32. The van der Waals surface area contributed by atoms with Gasteiger partial charge in [-0.05, 0) is 31.9 Å². The number of rotatable bonds is 4. The van der Waals surface area contributed by atoms with Crippen molar-refractivity contribution in [3.63, 3.8) is 0 Å². The monoisotopic (exact) mass is 347 g/mol. The van der Waals surface area contributed by atoms with Crippen LogP contribution in [0, 0.1) is 6.92 Å². The normalized spacial score (nSPS) is 17.2. The number of halogens is 1. The largest absolute Gasteiger partial charge is 0.481 e. The van der Waals surface area contributed by atoms with Crippen molar-refractivity contribution in [3.8, 4) is 5.69 Å². The Bertz CT molecular complexity index is 787. The van der Waals surface area contributed by atoms with E-state index in [0.29, 0.717) is 29.4 Å². The number of aliphatic carboxylic acids is 1. The molecule has 1 aliphatic heterocycles. The van der Waals surface area contributed by atoms with E-state index in [0.717, 1.165) is 12.0 Å². The van der Waals surface area contributed by atoms with Crippen molar-refractivity contribution < 1.29 is 14.7 Å². The first-order valence-electron chi connectivity index (χ1n) is 7.81. The second kappa shape index (κ2) is 6.65. The van der Waals surface area contributed by atoms with Gasteiger partial charge in [-0.2, -0.15) is 5.10 Å². The standard InChI is InChI=1S/C17H18ClN3O3/c1-11-10-21(14-7-3-2-6-13(14)18)19-16(11)17(24)20-8-4-5-12(20)9-15(22)23/h2-3,6-7,10,12H,4-5,8-9H2,1H3,(H,22,23). The zero-order chi connectivity index (χ0) is 17.3. The predicted molar refractivity (Wildman–Crippen MR) is 89.6 cm³/mol. The highest BCUT2D eigenvalue weighted by Gasteiger charge is 2.32. The van der Waals surface area contributed by atoms with Crippen molar-refractivity contribution in [2.75, 3.05) is 6.54 Å². The van der Waals surface area contributed by atoms with E-state index in [-0.39, 0.29) is 18.4 Å². The summed E-state index contributed by atoms with van der Waals surface area (Å²) < 4.78 is 1.59. The maximum absolute atomic E-state index is 12.8. The number of carbonyl (C=O) groups excluding carboxylic acids is 1. The number of aromatic nitrogens is 2. The van der Waals surface area contributed by atoms with Crippen LogP contribution in [-0.2, 0) is 4.79 Å². The molecule has 1 aromatic carbocycles. The van der Waals surface area contributed by atoms with Crippen LogP contribution in [0.5, 0.6) is 0 Å². The highest BCUT2D eigenvalue weighted by atomic mass is 35.5. The number of likely N-dealkylation sites (tertiary alicyclic amines) is 1. The van der Waals surface area contributed by atoms with E-state index < -0.39 is 5.97 Å². The van der Waals surface area contributed by atoms with Gasteiger partial charge in [0.1, 0.15) is 0 Å². The number of carboxylic acid groups (broad SMARTS) is 1. The fourth-order valence-electron chi connectivity index (χ4n) is 3.09. The Morgan fingerprint density at radius 2 is 2.12 bits per heavy atom. The summed E-state index contributed by atoms with van der Waals surface area (Å²) in [4.78, 5) is 25.4. The molecule has 24 heavy (non-hydrogen) atoms. The minimum absolute atomic E-state index is 0.0317. The maximum atomic E-state index is 12.8. The molecule has 1 atom stereocenters. The van der Waals surface area contributed by atoms with Gasteiger partial charge >= 0.3 is 5.97 Å². The van der Waals surface area contributed by atoms with Crippen molar-refractivity contribution >= 4 is 23.5 Å².